The van der Waals surface area contributed by atoms with Crippen LogP contribution in [0.2, 0.25) is 0 Å². The number of rotatable bonds is 4. The second-order valence-electron chi connectivity index (χ2n) is 3.23. The number of amides is 3. The monoisotopic (exact) mass is 241 g/mol. The first-order valence-corrected chi connectivity index (χ1v) is 4.77. The third-order valence-corrected chi connectivity index (χ3v) is 1.91. The van der Waals surface area contributed by atoms with Crippen LogP contribution in [0.25, 0.3) is 0 Å². The lowest BCUT2D eigenvalue weighted by Crippen LogP contribution is -2.41. The Morgan fingerprint density at radius 2 is 2.06 bits per heavy atom. The van der Waals surface area contributed by atoms with E-state index >= 15 is 0 Å². The molecule has 0 fully saturated rings. The fraction of sp³-hybridized carbons (Fsp3) is 0.200. The standard InChI is InChI=1S/C10H12FN3O3/c11-6-3-1-2-4-7(6)14-10(17)13-5-8(15)9(12)16/h1-4,8,15H,5H2,(H2,12,16)(H2,13,14,17). The van der Waals surface area contributed by atoms with E-state index in [1.807, 2.05) is 0 Å². The smallest absolute Gasteiger partial charge is 0.319 e. The van der Waals surface area contributed by atoms with E-state index < -0.39 is 23.9 Å². The number of primary amides is 1. The van der Waals surface area contributed by atoms with Crippen molar-refractivity contribution in [2.75, 3.05) is 11.9 Å². The minimum atomic E-state index is -1.47. The fourth-order valence-corrected chi connectivity index (χ4v) is 1.02. The largest absolute Gasteiger partial charge is 0.381 e. The molecule has 5 N–H and O–H groups in total. The lowest BCUT2D eigenvalue weighted by molar-refractivity contribution is -0.125. The molecule has 6 nitrogen and oxygen atoms in total. The molecule has 1 aromatic rings. The number of benzene rings is 1. The predicted molar refractivity (Wildman–Crippen MR) is 58.6 cm³/mol. The summed E-state index contributed by atoms with van der Waals surface area (Å²) in [5, 5.41) is 13.4. The number of nitrogens with two attached hydrogens (primary N) is 1. The first-order valence-electron chi connectivity index (χ1n) is 4.77. The van der Waals surface area contributed by atoms with Gasteiger partial charge in [-0.2, -0.15) is 0 Å². The summed E-state index contributed by atoms with van der Waals surface area (Å²) in [5.74, 6) is -1.53. The van der Waals surface area contributed by atoms with E-state index in [0.29, 0.717) is 0 Å². The summed E-state index contributed by atoms with van der Waals surface area (Å²) >= 11 is 0. The Labute approximate surface area is 96.6 Å². The molecule has 7 heteroatoms. The van der Waals surface area contributed by atoms with Crippen LogP contribution in [-0.2, 0) is 4.79 Å². The maximum absolute atomic E-state index is 13.1. The molecule has 0 saturated heterocycles. The van der Waals surface area contributed by atoms with Gasteiger partial charge in [0.05, 0.1) is 12.2 Å². The van der Waals surface area contributed by atoms with Gasteiger partial charge in [-0.1, -0.05) is 12.1 Å². The van der Waals surface area contributed by atoms with Crippen LogP contribution in [-0.4, -0.2) is 29.7 Å². The van der Waals surface area contributed by atoms with Gasteiger partial charge in [-0.15, -0.1) is 0 Å². The van der Waals surface area contributed by atoms with Crippen molar-refractivity contribution in [2.45, 2.75) is 6.10 Å². The van der Waals surface area contributed by atoms with E-state index in [9.17, 15) is 14.0 Å². The summed E-state index contributed by atoms with van der Waals surface area (Å²) in [4.78, 5) is 21.7. The number of aliphatic hydroxyl groups is 1. The highest BCUT2D eigenvalue weighted by molar-refractivity contribution is 5.90. The third-order valence-electron chi connectivity index (χ3n) is 1.91. The number of anilines is 1. The summed E-state index contributed by atoms with van der Waals surface area (Å²) in [7, 11) is 0. The van der Waals surface area contributed by atoms with Gasteiger partial charge in [0.25, 0.3) is 0 Å². The molecular formula is C10H12FN3O3. The first-order chi connectivity index (χ1) is 8.00. The Morgan fingerprint density at radius 1 is 1.41 bits per heavy atom. The molecule has 0 aliphatic heterocycles. The SMILES string of the molecule is NC(=O)C(O)CNC(=O)Nc1ccccc1F. The highest BCUT2D eigenvalue weighted by Gasteiger charge is 2.12. The summed E-state index contributed by atoms with van der Waals surface area (Å²) in [6.07, 6.45) is -1.47. The molecule has 0 aliphatic rings. The molecule has 0 heterocycles. The number of hydrogen-bond acceptors (Lipinski definition) is 3. The van der Waals surface area contributed by atoms with Crippen molar-refractivity contribution in [3.63, 3.8) is 0 Å². The molecule has 0 bridgehead atoms. The number of aliphatic hydroxyl groups excluding tert-OH is 1. The molecule has 92 valence electrons. The minimum Gasteiger partial charge on any atom is -0.381 e. The maximum atomic E-state index is 13.1. The Kier molecular flexibility index (Phi) is 4.41. The van der Waals surface area contributed by atoms with Crippen LogP contribution in [0.15, 0.2) is 24.3 Å². The van der Waals surface area contributed by atoms with Crippen molar-refractivity contribution >= 4 is 17.6 Å². The molecule has 0 spiro atoms. The highest BCUT2D eigenvalue weighted by Crippen LogP contribution is 2.11. The van der Waals surface area contributed by atoms with Crippen molar-refractivity contribution in [1.82, 2.24) is 5.32 Å². The molecule has 1 aromatic carbocycles. The van der Waals surface area contributed by atoms with Crippen LogP contribution < -0.4 is 16.4 Å². The van der Waals surface area contributed by atoms with Crippen LogP contribution in [0.1, 0.15) is 0 Å². The van der Waals surface area contributed by atoms with Gasteiger partial charge < -0.3 is 21.5 Å². The summed E-state index contributed by atoms with van der Waals surface area (Å²) < 4.78 is 13.1. The van der Waals surface area contributed by atoms with E-state index in [-0.39, 0.29) is 12.2 Å². The van der Waals surface area contributed by atoms with Gasteiger partial charge in [-0.05, 0) is 12.1 Å². The quantitative estimate of drug-likeness (QED) is 0.586. The lowest BCUT2D eigenvalue weighted by atomic mass is 10.3. The number of nitrogens with one attached hydrogen (secondary N) is 2. The normalized spacial score (nSPS) is 11.6. The molecule has 3 amide bonds. The van der Waals surface area contributed by atoms with Gasteiger partial charge in [-0.3, -0.25) is 4.79 Å². The van der Waals surface area contributed by atoms with Crippen LogP contribution >= 0.6 is 0 Å². The van der Waals surface area contributed by atoms with Crippen LogP contribution in [0.4, 0.5) is 14.9 Å². The molecule has 0 saturated carbocycles. The molecule has 0 radical (unpaired) electrons. The van der Waals surface area contributed by atoms with Crippen LogP contribution in [0.5, 0.6) is 0 Å². The van der Waals surface area contributed by atoms with Gasteiger partial charge in [0.15, 0.2) is 0 Å². The molecule has 1 rings (SSSR count). The summed E-state index contributed by atoms with van der Waals surface area (Å²) in [5.41, 5.74) is 4.78. The van der Waals surface area contributed by atoms with Crippen LogP contribution in [0, 0.1) is 5.82 Å². The highest BCUT2D eigenvalue weighted by atomic mass is 19.1. The Hall–Kier alpha value is -2.15. The van der Waals surface area contributed by atoms with Crippen molar-refractivity contribution in [1.29, 1.82) is 0 Å². The maximum Gasteiger partial charge on any atom is 0.319 e. The van der Waals surface area contributed by atoms with Crippen molar-refractivity contribution in [3.8, 4) is 0 Å². The first kappa shape index (κ1) is 12.9. The molecule has 0 aromatic heterocycles. The Bertz CT molecular complexity index is 425. The molecule has 1 unspecified atom stereocenters. The van der Waals surface area contributed by atoms with E-state index in [0.717, 1.165) is 0 Å². The fourth-order valence-electron chi connectivity index (χ4n) is 1.02. The Morgan fingerprint density at radius 3 is 2.65 bits per heavy atom. The predicted octanol–water partition coefficient (Wildman–Crippen LogP) is -0.207. The second kappa shape index (κ2) is 5.80. The van der Waals surface area contributed by atoms with E-state index in [2.05, 4.69) is 10.6 Å². The van der Waals surface area contributed by atoms with E-state index in [1.165, 1.54) is 18.2 Å². The van der Waals surface area contributed by atoms with Gasteiger partial charge in [0.2, 0.25) is 5.91 Å². The average Bonchev–Trinajstić information content (AvgIpc) is 2.29. The number of halogens is 1. The van der Waals surface area contributed by atoms with Gasteiger partial charge in [-0.25, -0.2) is 9.18 Å². The van der Waals surface area contributed by atoms with Gasteiger partial charge in [0.1, 0.15) is 11.9 Å². The third kappa shape index (κ3) is 4.07. The lowest BCUT2D eigenvalue weighted by Gasteiger charge is -2.10. The van der Waals surface area contributed by atoms with Crippen molar-refractivity contribution in [2.24, 2.45) is 5.73 Å². The zero-order valence-corrected chi connectivity index (χ0v) is 8.81. The summed E-state index contributed by atoms with van der Waals surface area (Å²) in [6, 6.07) is 4.86. The Balaban J connectivity index is 2.46. The topological polar surface area (TPSA) is 104 Å². The molecule has 0 aliphatic carbocycles. The molecular weight excluding hydrogens is 229 g/mol. The van der Waals surface area contributed by atoms with E-state index in [4.69, 9.17) is 10.8 Å². The number of hydrogen-bond donors (Lipinski definition) is 4. The van der Waals surface area contributed by atoms with E-state index in [1.54, 1.807) is 6.07 Å². The number of carbonyl (C=O) groups excluding carboxylic acids is 2. The van der Waals surface area contributed by atoms with Crippen molar-refractivity contribution in [3.05, 3.63) is 30.1 Å². The zero-order chi connectivity index (χ0) is 12.8. The number of urea groups is 1. The van der Waals surface area contributed by atoms with Gasteiger partial charge in [0, 0.05) is 0 Å². The molecule has 17 heavy (non-hydrogen) atoms. The number of carbonyl (C=O) groups is 2. The zero-order valence-electron chi connectivity index (χ0n) is 8.81. The van der Waals surface area contributed by atoms with Crippen molar-refractivity contribution < 1.29 is 19.1 Å². The average molecular weight is 241 g/mol. The molecule has 1 atom stereocenters. The van der Waals surface area contributed by atoms with Gasteiger partial charge >= 0.3 is 6.03 Å². The second-order valence-corrected chi connectivity index (χ2v) is 3.23. The summed E-state index contributed by atoms with van der Waals surface area (Å²) in [6.45, 7) is -0.338. The minimum absolute atomic E-state index is 0.00133. The number of para-hydroxylation sites is 1. The van der Waals surface area contributed by atoms with Crippen LogP contribution in [0.3, 0.4) is 0 Å².